The van der Waals surface area contributed by atoms with Crippen molar-refractivity contribution < 1.29 is 24.0 Å². The first-order valence-electron chi connectivity index (χ1n) is 17.2. The standard InChI is InChI=1S/C38H44N8O6/c1-22(2)14-27(15-33(47)26-10-13-31(46(50)51)34(16-26)52-21-23(3)4)36(48)41-29-11-8-24(5)32(17-29)45-20-28-18-40-37(43-35(28)44(7)38(45)49)42-30-12-9-25(6)39-19-30/h8-13,16-19,22-23,27H,14-15,20-21H2,1-7H3,(H,41,48)(H,40,42,43)/t27-/m1/s1. The van der Waals surface area contributed by atoms with Crippen molar-refractivity contribution in [2.75, 3.05) is 34.1 Å². The summed E-state index contributed by atoms with van der Waals surface area (Å²) in [6.45, 7) is 12.0. The molecule has 4 aromatic rings. The molecule has 0 saturated carbocycles. The molecule has 0 radical (unpaired) electrons. The Kier molecular flexibility index (Phi) is 11.5. The number of nitrogens with zero attached hydrogens (tertiary/aromatic N) is 6. The molecule has 14 heteroatoms. The molecule has 3 amide bonds. The number of carbonyl (C=O) groups is 3. The molecule has 0 saturated heterocycles. The van der Waals surface area contributed by atoms with E-state index in [0.29, 0.717) is 29.6 Å². The molecule has 1 aliphatic rings. The van der Waals surface area contributed by atoms with Crippen LogP contribution in [-0.2, 0) is 11.3 Å². The van der Waals surface area contributed by atoms with Crippen molar-refractivity contribution in [1.82, 2.24) is 15.0 Å². The lowest BCUT2D eigenvalue weighted by molar-refractivity contribution is -0.385. The Bertz CT molecular complexity index is 1980. The maximum Gasteiger partial charge on any atom is 0.330 e. The van der Waals surface area contributed by atoms with Crippen LogP contribution < -0.4 is 25.2 Å². The van der Waals surface area contributed by atoms with E-state index in [4.69, 9.17) is 4.74 Å². The summed E-state index contributed by atoms with van der Waals surface area (Å²) in [6.07, 6.45) is 3.70. The van der Waals surface area contributed by atoms with Gasteiger partial charge in [-0.2, -0.15) is 4.98 Å². The third kappa shape index (κ3) is 8.86. The van der Waals surface area contributed by atoms with Gasteiger partial charge in [-0.05, 0) is 74.1 Å². The molecule has 272 valence electrons. The number of fused-ring (bicyclic) bond motifs is 1. The minimum atomic E-state index is -0.683. The van der Waals surface area contributed by atoms with Crippen molar-refractivity contribution in [2.24, 2.45) is 17.8 Å². The zero-order valence-corrected chi connectivity index (χ0v) is 30.5. The number of aryl methyl sites for hydroxylation is 2. The second-order valence-corrected chi connectivity index (χ2v) is 13.9. The fourth-order valence-corrected chi connectivity index (χ4v) is 5.86. The Morgan fingerprint density at radius 3 is 2.40 bits per heavy atom. The number of nitro groups is 1. The molecule has 2 N–H and O–H groups in total. The summed E-state index contributed by atoms with van der Waals surface area (Å²) in [5, 5.41) is 17.7. The van der Waals surface area contributed by atoms with Crippen LogP contribution in [0.4, 0.5) is 39.3 Å². The van der Waals surface area contributed by atoms with Crippen LogP contribution in [0.25, 0.3) is 0 Å². The Morgan fingerprint density at radius 1 is 0.981 bits per heavy atom. The highest BCUT2D eigenvalue weighted by atomic mass is 16.6. The number of aromatic nitrogens is 3. The number of Topliss-reactive ketones (excluding diaryl/α,β-unsaturated/α-hetero) is 1. The Morgan fingerprint density at radius 2 is 1.73 bits per heavy atom. The van der Waals surface area contributed by atoms with E-state index in [0.717, 1.165) is 22.5 Å². The summed E-state index contributed by atoms with van der Waals surface area (Å²) in [6, 6.07) is 12.8. The molecule has 0 fully saturated rings. The summed E-state index contributed by atoms with van der Waals surface area (Å²) in [7, 11) is 1.65. The fraction of sp³-hybridized carbons (Fsp3) is 0.368. The highest BCUT2D eigenvalue weighted by Gasteiger charge is 2.32. The van der Waals surface area contributed by atoms with E-state index in [1.807, 2.05) is 59.7 Å². The van der Waals surface area contributed by atoms with Crippen LogP contribution in [0.2, 0.25) is 0 Å². The molecule has 5 rings (SSSR count). The lowest BCUT2D eigenvalue weighted by Crippen LogP contribution is -2.46. The molecule has 0 aliphatic carbocycles. The Hall–Kier alpha value is -5.92. The molecule has 0 spiro atoms. The topological polar surface area (TPSA) is 173 Å². The summed E-state index contributed by atoms with van der Waals surface area (Å²) >= 11 is 0. The number of ether oxygens (including phenoxy) is 1. The van der Waals surface area contributed by atoms with Gasteiger partial charge in [-0.15, -0.1) is 0 Å². The normalized spacial score (nSPS) is 13.2. The number of carbonyl (C=O) groups excluding carboxylic acids is 3. The largest absolute Gasteiger partial charge is 0.487 e. The molecular weight excluding hydrogens is 664 g/mol. The van der Waals surface area contributed by atoms with Gasteiger partial charge < -0.3 is 15.4 Å². The Balaban J connectivity index is 1.33. The van der Waals surface area contributed by atoms with Crippen LogP contribution in [-0.4, -0.2) is 51.3 Å². The lowest BCUT2D eigenvalue weighted by atomic mass is 9.89. The first kappa shape index (κ1) is 37.3. The van der Waals surface area contributed by atoms with Crippen molar-refractivity contribution in [3.63, 3.8) is 0 Å². The van der Waals surface area contributed by atoms with Crippen LogP contribution in [0.15, 0.2) is 60.9 Å². The van der Waals surface area contributed by atoms with Gasteiger partial charge >= 0.3 is 11.7 Å². The van der Waals surface area contributed by atoms with Crippen LogP contribution in [0.5, 0.6) is 5.75 Å². The first-order valence-corrected chi connectivity index (χ1v) is 17.2. The van der Waals surface area contributed by atoms with E-state index in [1.165, 1.54) is 23.1 Å². The summed E-state index contributed by atoms with van der Waals surface area (Å²) in [5.41, 5.74) is 4.23. The molecule has 14 nitrogen and oxygen atoms in total. The van der Waals surface area contributed by atoms with Crippen LogP contribution in [0, 0.1) is 41.7 Å². The third-order valence-electron chi connectivity index (χ3n) is 8.55. The average molecular weight is 709 g/mol. The molecule has 52 heavy (non-hydrogen) atoms. The molecule has 0 bridgehead atoms. The number of hydrogen-bond donors (Lipinski definition) is 2. The van der Waals surface area contributed by atoms with Gasteiger partial charge in [0, 0.05) is 54.2 Å². The van der Waals surface area contributed by atoms with Crippen molar-refractivity contribution in [2.45, 2.75) is 60.9 Å². The number of hydrogen-bond acceptors (Lipinski definition) is 10. The summed E-state index contributed by atoms with van der Waals surface area (Å²) in [5.74, 6) is -0.297. The zero-order valence-electron chi connectivity index (χ0n) is 30.5. The van der Waals surface area contributed by atoms with E-state index in [9.17, 15) is 24.5 Å². The number of amides is 3. The number of benzene rings is 2. The average Bonchev–Trinajstić information content (AvgIpc) is 3.10. The fourth-order valence-electron chi connectivity index (χ4n) is 5.86. The van der Waals surface area contributed by atoms with Crippen molar-refractivity contribution in [1.29, 1.82) is 0 Å². The highest BCUT2D eigenvalue weighted by Crippen LogP contribution is 2.34. The molecule has 0 unspecified atom stereocenters. The number of pyridine rings is 1. The SMILES string of the molecule is Cc1ccc(Nc2ncc3c(n2)N(C)C(=O)N(c2cc(NC(=O)[C@@H](CC(=O)c4ccc([N+](=O)[O-])c(OCC(C)C)c4)CC(C)C)ccc2C)C3)cn1. The molecule has 1 aliphatic heterocycles. The molecule has 2 aromatic heterocycles. The summed E-state index contributed by atoms with van der Waals surface area (Å²) < 4.78 is 5.67. The molecule has 3 heterocycles. The minimum absolute atomic E-state index is 0.0191. The van der Waals surface area contributed by atoms with Crippen LogP contribution in [0.1, 0.15) is 67.7 Å². The van der Waals surface area contributed by atoms with Gasteiger partial charge in [-0.1, -0.05) is 33.8 Å². The van der Waals surface area contributed by atoms with Crippen molar-refractivity contribution in [3.05, 3.63) is 93.4 Å². The number of nitrogens with one attached hydrogen (secondary N) is 2. The Labute approximate surface area is 302 Å². The van der Waals surface area contributed by atoms with E-state index < -0.39 is 10.8 Å². The summed E-state index contributed by atoms with van der Waals surface area (Å²) in [4.78, 5) is 68.4. The molecule has 1 atom stereocenters. The first-order chi connectivity index (χ1) is 24.7. The van der Waals surface area contributed by atoms with Gasteiger partial charge in [0.05, 0.1) is 35.6 Å². The molecule has 2 aromatic carbocycles. The second-order valence-electron chi connectivity index (χ2n) is 13.9. The van der Waals surface area contributed by atoms with E-state index in [1.54, 1.807) is 36.5 Å². The minimum Gasteiger partial charge on any atom is -0.487 e. The van der Waals surface area contributed by atoms with Gasteiger partial charge in [-0.3, -0.25) is 34.5 Å². The van der Waals surface area contributed by atoms with Gasteiger partial charge in [0.25, 0.3) is 0 Å². The quantitative estimate of drug-likeness (QED) is 0.0753. The lowest BCUT2D eigenvalue weighted by Gasteiger charge is -2.35. The monoisotopic (exact) mass is 708 g/mol. The predicted molar refractivity (Wildman–Crippen MR) is 199 cm³/mol. The van der Waals surface area contributed by atoms with Crippen LogP contribution >= 0.6 is 0 Å². The smallest absolute Gasteiger partial charge is 0.330 e. The van der Waals surface area contributed by atoms with E-state index in [2.05, 4.69) is 25.6 Å². The number of urea groups is 1. The maximum absolute atomic E-state index is 13.7. The number of ketones is 1. The van der Waals surface area contributed by atoms with Gasteiger partial charge in [0.1, 0.15) is 5.82 Å². The maximum atomic E-state index is 13.7. The number of nitro benzene ring substituents is 1. The zero-order chi connectivity index (χ0) is 37.7. The third-order valence-corrected chi connectivity index (χ3v) is 8.55. The van der Waals surface area contributed by atoms with Gasteiger partial charge in [0.15, 0.2) is 11.5 Å². The second kappa shape index (κ2) is 16.0. The van der Waals surface area contributed by atoms with Crippen molar-refractivity contribution >= 4 is 52.2 Å². The van der Waals surface area contributed by atoms with Crippen LogP contribution in [0.3, 0.4) is 0 Å². The number of rotatable bonds is 14. The van der Waals surface area contributed by atoms with Gasteiger partial charge in [-0.25, -0.2) is 9.78 Å². The van der Waals surface area contributed by atoms with Gasteiger partial charge in [0.2, 0.25) is 11.9 Å². The number of anilines is 5. The predicted octanol–water partition coefficient (Wildman–Crippen LogP) is 7.63. The van der Waals surface area contributed by atoms with E-state index in [-0.39, 0.29) is 66.1 Å². The van der Waals surface area contributed by atoms with E-state index >= 15 is 0 Å². The molecular formula is C38H44N8O6. The van der Waals surface area contributed by atoms with Crippen molar-refractivity contribution in [3.8, 4) is 5.75 Å². The highest BCUT2D eigenvalue weighted by molar-refractivity contribution is 6.06.